The fourth-order valence-electron chi connectivity index (χ4n) is 3.67. The van der Waals surface area contributed by atoms with E-state index in [0.717, 1.165) is 40.4 Å². The molecule has 5 heteroatoms. The molecule has 2 rings (SSSR count). The standard InChI is InChI=1S/C28H44N3O2/c1-31(2,3)23-13-11-9-7-5-6-8-10-12-14-24-33-28-21-17-26(18-22-28)30-29-25-15-19-27(32-4)20-16-25/h15-22H,5-14,23-24H2,1-4H3/q+1. The van der Waals surface area contributed by atoms with Gasteiger partial charge in [-0.2, -0.15) is 10.2 Å². The third kappa shape index (κ3) is 13.0. The minimum absolute atomic E-state index is 0.777. The third-order valence-corrected chi connectivity index (χ3v) is 5.68. The maximum atomic E-state index is 5.87. The van der Waals surface area contributed by atoms with Crippen LogP contribution in [0.15, 0.2) is 58.8 Å². The molecular formula is C28H44N3O2+. The van der Waals surface area contributed by atoms with E-state index < -0.39 is 0 Å². The largest absolute Gasteiger partial charge is 0.497 e. The second-order valence-electron chi connectivity index (χ2n) is 9.79. The van der Waals surface area contributed by atoms with Crippen molar-refractivity contribution in [1.29, 1.82) is 0 Å². The summed E-state index contributed by atoms with van der Waals surface area (Å²) >= 11 is 0. The first-order chi connectivity index (χ1) is 16.0. The van der Waals surface area contributed by atoms with Gasteiger partial charge < -0.3 is 14.0 Å². The van der Waals surface area contributed by atoms with E-state index >= 15 is 0 Å². The maximum absolute atomic E-state index is 5.87. The Morgan fingerprint density at radius 1 is 0.576 bits per heavy atom. The van der Waals surface area contributed by atoms with Crippen molar-refractivity contribution in [2.45, 2.75) is 64.2 Å². The van der Waals surface area contributed by atoms with E-state index in [4.69, 9.17) is 9.47 Å². The van der Waals surface area contributed by atoms with Crippen LogP contribution in [0.1, 0.15) is 64.2 Å². The van der Waals surface area contributed by atoms with Crippen LogP contribution in [0.25, 0.3) is 0 Å². The van der Waals surface area contributed by atoms with Crippen molar-refractivity contribution in [3.05, 3.63) is 48.5 Å². The first-order valence-corrected chi connectivity index (χ1v) is 12.6. The number of ether oxygens (including phenoxy) is 2. The van der Waals surface area contributed by atoms with Gasteiger partial charge in [-0.15, -0.1) is 0 Å². The molecule has 2 aromatic carbocycles. The van der Waals surface area contributed by atoms with Crippen LogP contribution in [0.4, 0.5) is 11.4 Å². The number of methoxy groups -OCH3 is 1. The van der Waals surface area contributed by atoms with Gasteiger partial charge in [0.15, 0.2) is 0 Å². The number of hydrogen-bond donors (Lipinski definition) is 0. The lowest BCUT2D eigenvalue weighted by Gasteiger charge is -2.23. The van der Waals surface area contributed by atoms with Gasteiger partial charge >= 0.3 is 0 Å². The summed E-state index contributed by atoms with van der Waals surface area (Å²) < 4.78 is 12.1. The Morgan fingerprint density at radius 2 is 1.00 bits per heavy atom. The van der Waals surface area contributed by atoms with Crippen LogP contribution in [0.5, 0.6) is 11.5 Å². The third-order valence-electron chi connectivity index (χ3n) is 5.68. The number of unbranched alkanes of at least 4 members (excludes halogenated alkanes) is 9. The smallest absolute Gasteiger partial charge is 0.119 e. The molecule has 2 aromatic rings. The Hall–Kier alpha value is -2.40. The lowest BCUT2D eigenvalue weighted by molar-refractivity contribution is -0.870. The first kappa shape index (κ1) is 26.8. The van der Waals surface area contributed by atoms with Crippen LogP contribution >= 0.6 is 0 Å². The van der Waals surface area contributed by atoms with Crippen LogP contribution < -0.4 is 9.47 Å². The topological polar surface area (TPSA) is 43.2 Å². The summed E-state index contributed by atoms with van der Waals surface area (Å²) in [5, 5.41) is 8.53. The monoisotopic (exact) mass is 454 g/mol. The summed E-state index contributed by atoms with van der Waals surface area (Å²) in [7, 11) is 8.48. The Labute approximate surface area is 201 Å². The van der Waals surface area contributed by atoms with Crippen LogP contribution in [0.3, 0.4) is 0 Å². The van der Waals surface area contributed by atoms with E-state index in [0.29, 0.717) is 0 Å². The number of azo groups is 1. The predicted octanol–water partition coefficient (Wildman–Crippen LogP) is 8.10. The molecule has 0 aliphatic carbocycles. The summed E-state index contributed by atoms with van der Waals surface area (Å²) in [6.45, 7) is 2.07. The molecule has 182 valence electrons. The van der Waals surface area contributed by atoms with Crippen molar-refractivity contribution in [1.82, 2.24) is 0 Å². The molecule has 0 saturated carbocycles. The molecule has 5 nitrogen and oxygen atoms in total. The summed E-state index contributed by atoms with van der Waals surface area (Å²) in [4.78, 5) is 0. The summed E-state index contributed by atoms with van der Waals surface area (Å²) in [5.74, 6) is 1.70. The summed E-state index contributed by atoms with van der Waals surface area (Å²) in [6.07, 6.45) is 13.3. The normalized spacial score (nSPS) is 11.8. The first-order valence-electron chi connectivity index (χ1n) is 12.6. The maximum Gasteiger partial charge on any atom is 0.119 e. The number of nitrogens with zero attached hydrogens (tertiary/aromatic N) is 3. The Morgan fingerprint density at radius 3 is 1.45 bits per heavy atom. The molecule has 0 saturated heterocycles. The van der Waals surface area contributed by atoms with Gasteiger partial charge in [0.05, 0.1) is 52.8 Å². The second-order valence-corrected chi connectivity index (χ2v) is 9.79. The van der Waals surface area contributed by atoms with Crippen molar-refractivity contribution >= 4 is 11.4 Å². The zero-order chi connectivity index (χ0) is 23.8. The fourth-order valence-corrected chi connectivity index (χ4v) is 3.67. The molecule has 0 N–H and O–H groups in total. The van der Waals surface area contributed by atoms with Gasteiger partial charge in [0.2, 0.25) is 0 Å². The zero-order valence-corrected chi connectivity index (χ0v) is 21.3. The van der Waals surface area contributed by atoms with E-state index in [9.17, 15) is 0 Å². The summed E-state index contributed by atoms with van der Waals surface area (Å²) in [5.41, 5.74) is 1.61. The molecule has 0 fully saturated rings. The lowest BCUT2D eigenvalue weighted by Crippen LogP contribution is -2.35. The van der Waals surface area contributed by atoms with Crippen LogP contribution in [-0.4, -0.2) is 45.9 Å². The average molecular weight is 455 g/mol. The van der Waals surface area contributed by atoms with Crippen LogP contribution in [0, 0.1) is 0 Å². The van der Waals surface area contributed by atoms with Crippen molar-refractivity contribution in [3.63, 3.8) is 0 Å². The summed E-state index contributed by atoms with van der Waals surface area (Å²) in [6, 6.07) is 15.3. The highest BCUT2D eigenvalue weighted by Crippen LogP contribution is 2.23. The van der Waals surface area contributed by atoms with Gasteiger partial charge in [-0.3, -0.25) is 0 Å². The zero-order valence-electron chi connectivity index (χ0n) is 21.3. The fraction of sp³-hybridized carbons (Fsp3) is 0.571. The Kier molecular flexibility index (Phi) is 12.6. The molecule has 0 radical (unpaired) electrons. The molecule has 0 aliphatic heterocycles. The van der Waals surface area contributed by atoms with Gasteiger partial charge in [-0.05, 0) is 67.8 Å². The number of rotatable bonds is 17. The quantitative estimate of drug-likeness (QED) is 0.138. The van der Waals surface area contributed by atoms with E-state index in [2.05, 4.69) is 31.4 Å². The van der Waals surface area contributed by atoms with Crippen molar-refractivity contribution in [2.75, 3.05) is 41.4 Å². The minimum atomic E-state index is 0.777. The molecule has 0 atom stereocenters. The van der Waals surface area contributed by atoms with Crippen molar-refractivity contribution in [2.24, 2.45) is 10.2 Å². The van der Waals surface area contributed by atoms with Crippen molar-refractivity contribution < 1.29 is 14.0 Å². The highest BCUT2D eigenvalue weighted by atomic mass is 16.5. The number of hydrogen-bond acceptors (Lipinski definition) is 4. The Balaban J connectivity index is 1.47. The van der Waals surface area contributed by atoms with Gasteiger partial charge in [-0.1, -0.05) is 44.9 Å². The molecule has 33 heavy (non-hydrogen) atoms. The van der Waals surface area contributed by atoms with E-state index in [1.54, 1.807) is 7.11 Å². The molecule has 0 unspecified atom stereocenters. The lowest BCUT2D eigenvalue weighted by atomic mass is 10.1. The number of quaternary nitrogens is 1. The highest BCUT2D eigenvalue weighted by molar-refractivity contribution is 5.44. The molecule has 0 aromatic heterocycles. The van der Waals surface area contributed by atoms with Gasteiger partial charge in [-0.25, -0.2) is 0 Å². The Bertz CT molecular complexity index is 780. The van der Waals surface area contributed by atoms with Gasteiger partial charge in [0, 0.05) is 0 Å². The van der Waals surface area contributed by atoms with Crippen LogP contribution in [0.2, 0.25) is 0 Å². The average Bonchev–Trinajstić information content (AvgIpc) is 2.81. The highest BCUT2D eigenvalue weighted by Gasteiger charge is 2.05. The molecule has 0 heterocycles. The molecule has 0 amide bonds. The molecule has 0 spiro atoms. The predicted molar refractivity (Wildman–Crippen MR) is 138 cm³/mol. The second kappa shape index (κ2) is 15.4. The van der Waals surface area contributed by atoms with Gasteiger partial charge in [0.1, 0.15) is 11.5 Å². The minimum Gasteiger partial charge on any atom is -0.497 e. The SMILES string of the molecule is COc1ccc(N=Nc2ccc(OCCCCCCCCCCCC[N+](C)(C)C)cc2)cc1. The van der Waals surface area contributed by atoms with Gasteiger partial charge in [0.25, 0.3) is 0 Å². The van der Waals surface area contributed by atoms with E-state index in [-0.39, 0.29) is 0 Å². The molecule has 0 aliphatic rings. The van der Waals surface area contributed by atoms with E-state index in [1.165, 1.54) is 64.3 Å². The molecular weight excluding hydrogens is 410 g/mol. The van der Waals surface area contributed by atoms with Crippen LogP contribution in [-0.2, 0) is 0 Å². The van der Waals surface area contributed by atoms with Crippen molar-refractivity contribution in [3.8, 4) is 11.5 Å². The molecule has 0 bridgehead atoms. The van der Waals surface area contributed by atoms with E-state index in [1.807, 2.05) is 48.5 Å². The number of benzene rings is 2.